The van der Waals surface area contributed by atoms with E-state index in [-0.39, 0.29) is 17.5 Å². The molecular weight excluding hydrogens is 416 g/mol. The lowest BCUT2D eigenvalue weighted by molar-refractivity contribution is 0.0506. The van der Waals surface area contributed by atoms with Crippen molar-refractivity contribution >= 4 is 27.5 Å². The lowest BCUT2D eigenvalue weighted by atomic mass is 10.0. The van der Waals surface area contributed by atoms with Crippen LogP contribution >= 0.6 is 11.6 Å². The summed E-state index contributed by atoms with van der Waals surface area (Å²) in [7, 11) is -3.36. The van der Waals surface area contributed by atoms with Gasteiger partial charge in [-0.1, -0.05) is 11.6 Å². The lowest BCUT2D eigenvalue weighted by Gasteiger charge is -2.20. The molecule has 9 heteroatoms. The highest BCUT2D eigenvalue weighted by molar-refractivity contribution is 7.90. The molecule has 0 spiro atoms. The second kappa shape index (κ2) is 7.84. The molecule has 2 aromatic rings. The Kier molecular flexibility index (Phi) is 5.78. The standard InChI is InChI=1S/C20H23ClN2O5S/c1-20(2,3)28-19(24)23-10-15-6-13-5-12(8-17(21)18(13)27-15)14-7-16(11-22-9-14)29(4,25)26/h5,7-9,11,15H,6,10H2,1-4H3,(H,23,24). The van der Waals surface area contributed by atoms with Crippen LogP contribution in [0.15, 0.2) is 35.5 Å². The van der Waals surface area contributed by atoms with Crippen LogP contribution < -0.4 is 10.1 Å². The van der Waals surface area contributed by atoms with Crippen LogP contribution in [0.3, 0.4) is 0 Å². The van der Waals surface area contributed by atoms with Crippen molar-refractivity contribution in [2.75, 3.05) is 12.8 Å². The quantitative estimate of drug-likeness (QED) is 0.783. The number of alkyl carbamates (subject to hydrolysis) is 1. The van der Waals surface area contributed by atoms with Crippen LogP contribution in [0.25, 0.3) is 11.1 Å². The number of aromatic nitrogens is 1. The molecule has 156 valence electrons. The first kappa shape index (κ1) is 21.4. The summed E-state index contributed by atoms with van der Waals surface area (Å²) in [4.78, 5) is 16.0. The molecule has 0 aliphatic carbocycles. The van der Waals surface area contributed by atoms with E-state index in [9.17, 15) is 13.2 Å². The molecule has 1 amide bonds. The minimum absolute atomic E-state index is 0.141. The molecule has 7 nitrogen and oxygen atoms in total. The summed E-state index contributed by atoms with van der Waals surface area (Å²) in [6.07, 6.45) is 3.81. The largest absolute Gasteiger partial charge is 0.486 e. The fourth-order valence-electron chi connectivity index (χ4n) is 2.96. The molecule has 1 aliphatic rings. The normalized spacial score (nSPS) is 16.1. The zero-order chi connectivity index (χ0) is 21.4. The van der Waals surface area contributed by atoms with Crippen LogP contribution in [0.5, 0.6) is 5.75 Å². The summed E-state index contributed by atoms with van der Waals surface area (Å²) in [6.45, 7) is 5.66. The van der Waals surface area contributed by atoms with Crippen molar-refractivity contribution in [1.29, 1.82) is 0 Å². The number of carbonyl (C=O) groups excluding carboxylic acids is 1. The molecule has 1 aromatic heterocycles. The molecule has 0 bridgehead atoms. The Morgan fingerprint density at radius 2 is 2.00 bits per heavy atom. The first-order chi connectivity index (χ1) is 13.4. The average Bonchev–Trinajstić information content (AvgIpc) is 3.01. The van der Waals surface area contributed by atoms with Gasteiger partial charge >= 0.3 is 6.09 Å². The van der Waals surface area contributed by atoms with E-state index in [2.05, 4.69) is 10.3 Å². The maximum Gasteiger partial charge on any atom is 0.407 e. The number of nitrogens with one attached hydrogen (secondary N) is 1. The van der Waals surface area contributed by atoms with Gasteiger partial charge in [-0.2, -0.15) is 0 Å². The third-order valence-electron chi connectivity index (χ3n) is 4.20. The second-order valence-electron chi connectivity index (χ2n) is 7.95. The van der Waals surface area contributed by atoms with Crippen LogP contribution in [0.2, 0.25) is 5.02 Å². The summed E-state index contributed by atoms with van der Waals surface area (Å²) in [5.41, 5.74) is 1.70. The van der Waals surface area contributed by atoms with Crippen LogP contribution in [-0.4, -0.2) is 44.0 Å². The molecule has 0 saturated carbocycles. The van der Waals surface area contributed by atoms with Gasteiger partial charge in [0.25, 0.3) is 0 Å². The molecule has 3 rings (SSSR count). The number of rotatable bonds is 4. The molecule has 1 N–H and O–H groups in total. The predicted molar refractivity (Wildman–Crippen MR) is 110 cm³/mol. The molecule has 1 unspecified atom stereocenters. The third kappa shape index (κ3) is 5.39. The van der Waals surface area contributed by atoms with Gasteiger partial charge in [-0.25, -0.2) is 13.2 Å². The van der Waals surface area contributed by atoms with Gasteiger partial charge in [0.15, 0.2) is 9.84 Å². The van der Waals surface area contributed by atoms with Gasteiger partial charge in [-0.05, 0) is 44.5 Å². The van der Waals surface area contributed by atoms with Crippen molar-refractivity contribution in [1.82, 2.24) is 10.3 Å². The van der Waals surface area contributed by atoms with E-state index < -0.39 is 21.5 Å². The maximum atomic E-state index is 11.8. The van der Waals surface area contributed by atoms with E-state index in [1.807, 2.05) is 6.07 Å². The van der Waals surface area contributed by atoms with Crippen LogP contribution in [0, 0.1) is 0 Å². The first-order valence-corrected chi connectivity index (χ1v) is 11.3. The van der Waals surface area contributed by atoms with Crippen molar-refractivity contribution in [3.8, 4) is 16.9 Å². The molecular formula is C20H23ClN2O5S. The monoisotopic (exact) mass is 438 g/mol. The molecule has 0 fully saturated rings. The van der Waals surface area contributed by atoms with Gasteiger partial charge in [0.05, 0.1) is 16.5 Å². The van der Waals surface area contributed by atoms with E-state index >= 15 is 0 Å². The Morgan fingerprint density at radius 3 is 2.66 bits per heavy atom. The van der Waals surface area contributed by atoms with Crippen molar-refractivity contribution in [3.05, 3.63) is 41.2 Å². The SMILES string of the molecule is CC(C)(C)OC(=O)NCC1Cc2cc(-c3cncc(S(C)(=O)=O)c3)cc(Cl)c2O1. The number of carbonyl (C=O) groups is 1. The van der Waals surface area contributed by atoms with Crippen molar-refractivity contribution in [3.63, 3.8) is 0 Å². The Hall–Kier alpha value is -2.32. The van der Waals surface area contributed by atoms with Crippen molar-refractivity contribution < 1.29 is 22.7 Å². The van der Waals surface area contributed by atoms with Gasteiger partial charge < -0.3 is 14.8 Å². The van der Waals surface area contributed by atoms with Crippen molar-refractivity contribution in [2.45, 2.75) is 43.8 Å². The Labute approximate surface area is 175 Å². The molecule has 0 radical (unpaired) electrons. The molecule has 0 saturated heterocycles. The first-order valence-electron chi connectivity index (χ1n) is 9.04. The Morgan fingerprint density at radius 1 is 1.28 bits per heavy atom. The molecule has 1 aromatic carbocycles. The number of ether oxygens (including phenoxy) is 2. The summed E-state index contributed by atoms with van der Waals surface area (Å²) in [5.74, 6) is 0.568. The summed E-state index contributed by atoms with van der Waals surface area (Å²) in [5, 5.41) is 3.12. The maximum absolute atomic E-state index is 11.8. The smallest absolute Gasteiger partial charge is 0.407 e. The lowest BCUT2D eigenvalue weighted by Crippen LogP contribution is -2.38. The Balaban J connectivity index is 1.75. The van der Waals surface area contributed by atoms with Crippen LogP contribution in [0.1, 0.15) is 26.3 Å². The topological polar surface area (TPSA) is 94.6 Å². The van der Waals surface area contributed by atoms with E-state index in [0.29, 0.717) is 22.8 Å². The fourth-order valence-corrected chi connectivity index (χ4v) is 3.84. The molecule has 1 aliphatic heterocycles. The van der Waals surface area contributed by atoms with E-state index in [1.54, 1.807) is 39.1 Å². The minimum Gasteiger partial charge on any atom is -0.486 e. The predicted octanol–water partition coefficient (Wildman–Crippen LogP) is 3.63. The van der Waals surface area contributed by atoms with Gasteiger partial charge in [-0.15, -0.1) is 0 Å². The minimum atomic E-state index is -3.36. The summed E-state index contributed by atoms with van der Waals surface area (Å²) >= 11 is 6.39. The Bertz CT molecular complexity index is 1050. The molecule has 2 heterocycles. The zero-order valence-corrected chi connectivity index (χ0v) is 18.2. The van der Waals surface area contributed by atoms with E-state index in [4.69, 9.17) is 21.1 Å². The number of amides is 1. The number of halogens is 1. The number of benzene rings is 1. The number of pyridine rings is 1. The average molecular weight is 439 g/mol. The van der Waals surface area contributed by atoms with Gasteiger partial charge in [0, 0.05) is 36.2 Å². The van der Waals surface area contributed by atoms with E-state index in [1.165, 1.54) is 6.20 Å². The molecule has 29 heavy (non-hydrogen) atoms. The number of hydrogen-bond acceptors (Lipinski definition) is 6. The number of fused-ring (bicyclic) bond motifs is 1. The number of hydrogen-bond donors (Lipinski definition) is 1. The summed E-state index contributed by atoms with van der Waals surface area (Å²) in [6, 6.07) is 5.18. The van der Waals surface area contributed by atoms with E-state index in [0.717, 1.165) is 17.4 Å². The van der Waals surface area contributed by atoms with Gasteiger partial charge in [0.1, 0.15) is 17.5 Å². The van der Waals surface area contributed by atoms with Crippen molar-refractivity contribution in [2.24, 2.45) is 0 Å². The highest BCUT2D eigenvalue weighted by Gasteiger charge is 2.27. The summed E-state index contributed by atoms with van der Waals surface area (Å²) < 4.78 is 34.7. The van der Waals surface area contributed by atoms with Crippen LogP contribution in [0.4, 0.5) is 4.79 Å². The highest BCUT2D eigenvalue weighted by Crippen LogP contribution is 2.39. The van der Waals surface area contributed by atoms with Gasteiger partial charge in [0.2, 0.25) is 0 Å². The third-order valence-corrected chi connectivity index (χ3v) is 5.56. The molecule has 1 atom stereocenters. The zero-order valence-electron chi connectivity index (χ0n) is 16.7. The van der Waals surface area contributed by atoms with Gasteiger partial charge in [-0.3, -0.25) is 4.98 Å². The fraction of sp³-hybridized carbons (Fsp3) is 0.400. The highest BCUT2D eigenvalue weighted by atomic mass is 35.5. The second-order valence-corrected chi connectivity index (χ2v) is 10.4. The number of sulfone groups is 1. The van der Waals surface area contributed by atoms with Crippen LogP contribution in [-0.2, 0) is 21.0 Å². The number of nitrogens with zero attached hydrogens (tertiary/aromatic N) is 1.